The molecular formula is C18H16ClN3O2. The van der Waals surface area contributed by atoms with Gasteiger partial charge in [-0.05, 0) is 30.2 Å². The topological polar surface area (TPSA) is 81.1 Å². The number of carbonyl (C=O) groups is 1. The molecule has 1 heterocycles. The van der Waals surface area contributed by atoms with Gasteiger partial charge in [0.1, 0.15) is 6.26 Å². The highest BCUT2D eigenvalue weighted by molar-refractivity contribution is 6.30. The molecule has 6 heteroatoms. The Labute approximate surface area is 144 Å². The molecule has 122 valence electrons. The van der Waals surface area contributed by atoms with Crippen LogP contribution in [0.5, 0.6) is 0 Å². The molecule has 5 nitrogen and oxygen atoms in total. The number of nitrogens with zero attached hydrogens (tertiary/aromatic N) is 1. The lowest BCUT2D eigenvalue weighted by atomic mass is 10.1. The Balaban J connectivity index is 1.67. The third kappa shape index (κ3) is 4.01. The first-order chi connectivity index (χ1) is 11.6. The number of hydrogen-bond acceptors (Lipinski definition) is 4. The zero-order valence-electron chi connectivity index (χ0n) is 12.8. The quantitative estimate of drug-likeness (QED) is 0.739. The second-order valence-corrected chi connectivity index (χ2v) is 5.77. The van der Waals surface area contributed by atoms with Crippen molar-refractivity contribution in [2.24, 2.45) is 5.73 Å². The van der Waals surface area contributed by atoms with E-state index >= 15 is 0 Å². The first-order valence-electron chi connectivity index (χ1n) is 7.43. The average molecular weight is 342 g/mol. The number of nitrogens with two attached hydrogens (primary N) is 1. The zero-order valence-corrected chi connectivity index (χ0v) is 13.5. The predicted molar refractivity (Wildman–Crippen MR) is 93.0 cm³/mol. The van der Waals surface area contributed by atoms with Gasteiger partial charge < -0.3 is 15.5 Å². The summed E-state index contributed by atoms with van der Waals surface area (Å²) in [6, 6.07) is 16.3. The van der Waals surface area contributed by atoms with E-state index < -0.39 is 6.04 Å². The number of oxazole rings is 1. The Morgan fingerprint density at radius 3 is 2.75 bits per heavy atom. The van der Waals surface area contributed by atoms with Crippen LogP contribution in [0.4, 0.5) is 5.69 Å². The molecule has 0 spiro atoms. The molecule has 0 fully saturated rings. The fraction of sp³-hybridized carbons (Fsp3) is 0.111. The van der Waals surface area contributed by atoms with E-state index in [1.165, 1.54) is 6.26 Å². The predicted octanol–water partition coefficient (Wildman–Crippen LogP) is 3.82. The van der Waals surface area contributed by atoms with Gasteiger partial charge in [0.2, 0.25) is 5.89 Å². The van der Waals surface area contributed by atoms with Crippen LogP contribution in [0.15, 0.2) is 65.3 Å². The Kier molecular flexibility index (Phi) is 4.93. The summed E-state index contributed by atoms with van der Waals surface area (Å²) in [5.41, 5.74) is 7.95. The second kappa shape index (κ2) is 7.29. The summed E-state index contributed by atoms with van der Waals surface area (Å²) in [6.45, 7) is 0. The van der Waals surface area contributed by atoms with E-state index in [1.807, 2.05) is 30.3 Å². The second-order valence-electron chi connectivity index (χ2n) is 5.33. The number of aromatic nitrogens is 1. The highest BCUT2D eigenvalue weighted by atomic mass is 35.5. The van der Waals surface area contributed by atoms with Gasteiger partial charge in [0.05, 0.1) is 6.04 Å². The Morgan fingerprint density at radius 2 is 2.00 bits per heavy atom. The molecule has 0 bridgehead atoms. The molecule has 3 N–H and O–H groups in total. The standard InChI is InChI=1S/C18H16ClN3O2/c19-13-7-4-8-14(10-13)21-17(23)16-11-24-18(22-16)15(20)9-12-5-2-1-3-6-12/h1-8,10-11,15H,9,20H2,(H,21,23). The van der Waals surface area contributed by atoms with E-state index in [2.05, 4.69) is 10.3 Å². The van der Waals surface area contributed by atoms with E-state index in [9.17, 15) is 4.79 Å². The Bertz CT molecular complexity index is 833. The van der Waals surface area contributed by atoms with Gasteiger partial charge in [0.15, 0.2) is 5.69 Å². The third-order valence-corrected chi connectivity index (χ3v) is 3.69. The molecule has 1 amide bonds. The Hall–Kier alpha value is -2.63. The first kappa shape index (κ1) is 16.2. The fourth-order valence-corrected chi connectivity index (χ4v) is 2.47. The maximum atomic E-state index is 12.2. The van der Waals surface area contributed by atoms with Crippen molar-refractivity contribution in [1.29, 1.82) is 0 Å². The SMILES string of the molecule is NC(Cc1ccccc1)c1nc(C(=O)Nc2cccc(Cl)c2)co1. The van der Waals surface area contributed by atoms with Crippen LogP contribution in [-0.2, 0) is 6.42 Å². The van der Waals surface area contributed by atoms with Gasteiger partial charge in [-0.15, -0.1) is 0 Å². The van der Waals surface area contributed by atoms with Gasteiger partial charge in [0.25, 0.3) is 5.91 Å². The minimum atomic E-state index is -0.417. The number of anilines is 1. The van der Waals surface area contributed by atoms with Crippen molar-refractivity contribution in [2.75, 3.05) is 5.32 Å². The smallest absolute Gasteiger partial charge is 0.277 e. The van der Waals surface area contributed by atoms with Crippen molar-refractivity contribution in [3.8, 4) is 0 Å². The summed E-state index contributed by atoms with van der Waals surface area (Å²) in [6.07, 6.45) is 1.89. The first-order valence-corrected chi connectivity index (χ1v) is 7.81. The number of nitrogens with one attached hydrogen (secondary N) is 1. The highest BCUT2D eigenvalue weighted by Crippen LogP contribution is 2.18. The van der Waals surface area contributed by atoms with Crippen molar-refractivity contribution >= 4 is 23.2 Å². The largest absolute Gasteiger partial charge is 0.446 e. The molecule has 0 saturated heterocycles. The monoisotopic (exact) mass is 341 g/mol. The summed E-state index contributed by atoms with van der Waals surface area (Å²) >= 11 is 5.90. The average Bonchev–Trinajstić information content (AvgIpc) is 3.06. The summed E-state index contributed by atoms with van der Waals surface area (Å²) in [7, 11) is 0. The summed E-state index contributed by atoms with van der Waals surface area (Å²) in [5, 5.41) is 3.25. The number of benzene rings is 2. The van der Waals surface area contributed by atoms with E-state index in [1.54, 1.807) is 24.3 Å². The van der Waals surface area contributed by atoms with E-state index in [0.717, 1.165) is 5.56 Å². The molecule has 1 aromatic heterocycles. The molecule has 0 aliphatic heterocycles. The van der Waals surface area contributed by atoms with Gasteiger partial charge in [-0.2, -0.15) is 0 Å². The molecule has 3 rings (SSSR count). The lowest BCUT2D eigenvalue weighted by molar-refractivity contribution is 0.102. The minimum absolute atomic E-state index is 0.175. The molecule has 2 aromatic carbocycles. The molecule has 24 heavy (non-hydrogen) atoms. The van der Waals surface area contributed by atoms with E-state index in [-0.39, 0.29) is 11.6 Å². The van der Waals surface area contributed by atoms with Crippen LogP contribution in [0.3, 0.4) is 0 Å². The summed E-state index contributed by atoms with van der Waals surface area (Å²) in [5.74, 6) is -0.0470. The van der Waals surface area contributed by atoms with E-state index in [4.69, 9.17) is 21.8 Å². The lowest BCUT2D eigenvalue weighted by Crippen LogP contribution is -2.16. The lowest BCUT2D eigenvalue weighted by Gasteiger charge is -2.07. The van der Waals surface area contributed by atoms with Gasteiger partial charge >= 0.3 is 0 Å². The van der Waals surface area contributed by atoms with Crippen LogP contribution in [0.1, 0.15) is 28.0 Å². The van der Waals surface area contributed by atoms with Crippen molar-refractivity contribution in [1.82, 2.24) is 4.98 Å². The van der Waals surface area contributed by atoms with Crippen LogP contribution in [0, 0.1) is 0 Å². The minimum Gasteiger partial charge on any atom is -0.446 e. The van der Waals surface area contributed by atoms with Crippen molar-refractivity contribution < 1.29 is 9.21 Å². The maximum Gasteiger partial charge on any atom is 0.277 e. The molecule has 0 saturated carbocycles. The summed E-state index contributed by atoms with van der Waals surface area (Å²) < 4.78 is 5.36. The van der Waals surface area contributed by atoms with Crippen LogP contribution in [0.2, 0.25) is 5.02 Å². The van der Waals surface area contributed by atoms with Crippen LogP contribution >= 0.6 is 11.6 Å². The van der Waals surface area contributed by atoms with Gasteiger partial charge in [-0.25, -0.2) is 4.98 Å². The van der Waals surface area contributed by atoms with Gasteiger partial charge in [0, 0.05) is 10.7 Å². The van der Waals surface area contributed by atoms with Crippen molar-refractivity contribution in [2.45, 2.75) is 12.5 Å². The van der Waals surface area contributed by atoms with Crippen molar-refractivity contribution in [3.05, 3.63) is 83.0 Å². The fourth-order valence-electron chi connectivity index (χ4n) is 2.28. The number of carbonyl (C=O) groups excluding carboxylic acids is 1. The number of halogens is 1. The number of rotatable bonds is 5. The molecule has 0 aliphatic rings. The van der Waals surface area contributed by atoms with Crippen LogP contribution in [0.25, 0.3) is 0 Å². The highest BCUT2D eigenvalue weighted by Gasteiger charge is 2.17. The number of amides is 1. The van der Waals surface area contributed by atoms with Crippen LogP contribution in [-0.4, -0.2) is 10.9 Å². The third-order valence-electron chi connectivity index (χ3n) is 3.45. The normalized spacial score (nSPS) is 11.9. The molecule has 0 radical (unpaired) electrons. The Morgan fingerprint density at radius 1 is 1.21 bits per heavy atom. The molecule has 0 aliphatic carbocycles. The summed E-state index contributed by atoms with van der Waals surface area (Å²) in [4.78, 5) is 16.4. The molecule has 1 atom stereocenters. The van der Waals surface area contributed by atoms with Crippen molar-refractivity contribution in [3.63, 3.8) is 0 Å². The zero-order chi connectivity index (χ0) is 16.9. The van der Waals surface area contributed by atoms with Gasteiger partial charge in [-0.1, -0.05) is 48.0 Å². The number of hydrogen-bond donors (Lipinski definition) is 2. The molecular weight excluding hydrogens is 326 g/mol. The molecule has 3 aromatic rings. The molecule has 1 unspecified atom stereocenters. The van der Waals surface area contributed by atoms with Gasteiger partial charge in [-0.3, -0.25) is 4.79 Å². The maximum absolute atomic E-state index is 12.2. The van der Waals surface area contributed by atoms with Crippen LogP contribution < -0.4 is 11.1 Å². The van der Waals surface area contributed by atoms with E-state index in [0.29, 0.717) is 23.0 Å².